The fraction of sp³-hybridized carbons (Fsp3) is 0.455. The topological polar surface area (TPSA) is 0 Å². The molecule has 0 nitrogen and oxygen atoms in total. The summed E-state index contributed by atoms with van der Waals surface area (Å²) in [4.78, 5) is 0.345. The summed E-state index contributed by atoms with van der Waals surface area (Å²) in [7, 11) is 0. The van der Waals surface area contributed by atoms with E-state index < -0.39 is 11.6 Å². The average molecular weight is 263 g/mol. The summed E-state index contributed by atoms with van der Waals surface area (Å²) >= 11 is 3.50. The Morgan fingerprint density at radius 1 is 1.29 bits per heavy atom. The number of rotatable bonds is 4. The monoisotopic (exact) mass is 262 g/mol. The van der Waals surface area contributed by atoms with E-state index in [2.05, 4.69) is 22.9 Å². The van der Waals surface area contributed by atoms with Crippen LogP contribution in [0.4, 0.5) is 8.78 Å². The van der Waals surface area contributed by atoms with Crippen LogP contribution in [0.2, 0.25) is 0 Å². The van der Waals surface area contributed by atoms with E-state index in [9.17, 15) is 8.78 Å². The molecule has 1 rings (SSSR count). The van der Waals surface area contributed by atoms with E-state index in [-0.39, 0.29) is 0 Å². The van der Waals surface area contributed by atoms with Crippen LogP contribution in [0.25, 0.3) is 0 Å². The van der Waals surface area contributed by atoms with Crippen molar-refractivity contribution in [1.29, 1.82) is 0 Å². The van der Waals surface area contributed by atoms with Crippen LogP contribution in [0.3, 0.4) is 0 Å². The first-order valence-electron chi connectivity index (χ1n) is 4.71. The molecule has 1 aromatic rings. The van der Waals surface area contributed by atoms with E-state index >= 15 is 0 Å². The molecular weight excluding hydrogens is 250 g/mol. The molecule has 1 unspecified atom stereocenters. The predicted octanol–water partition coefficient (Wildman–Crippen LogP) is 4.07. The zero-order valence-corrected chi connectivity index (χ0v) is 9.65. The minimum atomic E-state index is -0.782. The standard InChI is InChI=1S/C11H13BrF2/c1-2-3-9(12)6-8-4-5-10(13)11(14)7-8/h4-5,7,9H,2-3,6H2,1H3. The van der Waals surface area contributed by atoms with Crippen molar-refractivity contribution in [2.45, 2.75) is 31.0 Å². The minimum absolute atomic E-state index is 0.345. The van der Waals surface area contributed by atoms with Crippen LogP contribution in [0, 0.1) is 11.6 Å². The molecule has 78 valence electrons. The van der Waals surface area contributed by atoms with E-state index in [0.717, 1.165) is 24.8 Å². The van der Waals surface area contributed by atoms with Gasteiger partial charge in [0.15, 0.2) is 11.6 Å². The molecule has 0 spiro atoms. The third-order valence-electron chi connectivity index (χ3n) is 2.04. The maximum Gasteiger partial charge on any atom is 0.159 e. The van der Waals surface area contributed by atoms with Gasteiger partial charge in [0.05, 0.1) is 0 Å². The van der Waals surface area contributed by atoms with Gasteiger partial charge in [-0.15, -0.1) is 0 Å². The first-order valence-corrected chi connectivity index (χ1v) is 5.63. The molecule has 0 saturated heterocycles. The predicted molar refractivity (Wildman–Crippen MR) is 57.7 cm³/mol. The third-order valence-corrected chi connectivity index (χ3v) is 2.82. The first kappa shape index (κ1) is 11.6. The van der Waals surface area contributed by atoms with Gasteiger partial charge in [-0.3, -0.25) is 0 Å². The molecular formula is C11H13BrF2. The van der Waals surface area contributed by atoms with Crippen LogP contribution in [0.1, 0.15) is 25.3 Å². The fourth-order valence-electron chi connectivity index (χ4n) is 1.34. The number of hydrogen-bond acceptors (Lipinski definition) is 0. The summed E-state index contributed by atoms with van der Waals surface area (Å²) in [5.41, 5.74) is 0.833. The van der Waals surface area contributed by atoms with Crippen molar-refractivity contribution in [3.8, 4) is 0 Å². The van der Waals surface area contributed by atoms with Crippen molar-refractivity contribution in [2.75, 3.05) is 0 Å². The summed E-state index contributed by atoms with van der Waals surface area (Å²) in [5.74, 6) is -1.55. The highest BCUT2D eigenvalue weighted by atomic mass is 79.9. The summed E-state index contributed by atoms with van der Waals surface area (Å²) in [6, 6.07) is 4.07. The normalized spacial score (nSPS) is 12.9. The molecule has 1 aromatic carbocycles. The first-order chi connectivity index (χ1) is 6.63. The number of benzene rings is 1. The Hall–Kier alpha value is -0.440. The van der Waals surface area contributed by atoms with Crippen LogP contribution in [-0.2, 0) is 6.42 Å². The molecule has 0 N–H and O–H groups in total. The number of alkyl halides is 1. The van der Waals surface area contributed by atoms with Crippen LogP contribution in [-0.4, -0.2) is 4.83 Å². The highest BCUT2D eigenvalue weighted by Gasteiger charge is 2.07. The van der Waals surface area contributed by atoms with Crippen molar-refractivity contribution < 1.29 is 8.78 Å². The van der Waals surface area contributed by atoms with Crippen molar-refractivity contribution >= 4 is 15.9 Å². The van der Waals surface area contributed by atoms with Gasteiger partial charge in [-0.05, 0) is 30.5 Å². The summed E-state index contributed by atoms with van der Waals surface area (Å²) < 4.78 is 25.4. The van der Waals surface area contributed by atoms with E-state index in [4.69, 9.17) is 0 Å². The smallest absolute Gasteiger partial charge is 0.159 e. The van der Waals surface area contributed by atoms with Gasteiger partial charge >= 0.3 is 0 Å². The van der Waals surface area contributed by atoms with Crippen molar-refractivity contribution in [3.63, 3.8) is 0 Å². The number of hydrogen-bond donors (Lipinski definition) is 0. The number of halogens is 3. The highest BCUT2D eigenvalue weighted by Crippen LogP contribution is 2.16. The van der Waals surface area contributed by atoms with E-state index in [1.54, 1.807) is 6.07 Å². The summed E-state index contributed by atoms with van der Waals surface area (Å²) in [6.45, 7) is 2.10. The van der Waals surface area contributed by atoms with Crippen LogP contribution in [0.5, 0.6) is 0 Å². The lowest BCUT2D eigenvalue weighted by atomic mass is 10.1. The van der Waals surface area contributed by atoms with Crippen LogP contribution >= 0.6 is 15.9 Å². The third kappa shape index (κ3) is 3.37. The van der Waals surface area contributed by atoms with Crippen molar-refractivity contribution in [3.05, 3.63) is 35.4 Å². The van der Waals surface area contributed by atoms with Crippen LogP contribution < -0.4 is 0 Å². The second-order valence-corrected chi connectivity index (χ2v) is 4.63. The average Bonchev–Trinajstić information content (AvgIpc) is 2.12. The van der Waals surface area contributed by atoms with Gasteiger partial charge < -0.3 is 0 Å². The molecule has 0 aliphatic rings. The van der Waals surface area contributed by atoms with Gasteiger partial charge in [-0.1, -0.05) is 35.3 Å². The quantitative estimate of drug-likeness (QED) is 0.718. The van der Waals surface area contributed by atoms with E-state index in [0.29, 0.717) is 4.83 Å². The molecule has 0 aliphatic heterocycles. The van der Waals surface area contributed by atoms with Crippen molar-refractivity contribution in [1.82, 2.24) is 0 Å². The Morgan fingerprint density at radius 3 is 2.57 bits per heavy atom. The SMILES string of the molecule is CCCC(Br)Cc1ccc(F)c(F)c1. The Balaban J connectivity index is 2.63. The molecule has 0 saturated carbocycles. The maximum absolute atomic E-state index is 12.8. The molecule has 0 heterocycles. The second-order valence-electron chi connectivity index (χ2n) is 3.34. The fourth-order valence-corrected chi connectivity index (χ4v) is 2.17. The maximum atomic E-state index is 12.8. The Bertz CT molecular complexity index is 299. The van der Waals surface area contributed by atoms with Gasteiger partial charge in [-0.25, -0.2) is 8.78 Å². The lowest BCUT2D eigenvalue weighted by molar-refractivity contribution is 0.507. The zero-order valence-electron chi connectivity index (χ0n) is 8.06. The molecule has 0 aliphatic carbocycles. The molecule has 0 radical (unpaired) electrons. The largest absolute Gasteiger partial charge is 0.204 e. The molecule has 3 heteroatoms. The summed E-state index contributed by atoms with van der Waals surface area (Å²) in [6.07, 6.45) is 2.86. The van der Waals surface area contributed by atoms with Gasteiger partial charge in [0.25, 0.3) is 0 Å². The molecule has 1 atom stereocenters. The van der Waals surface area contributed by atoms with Gasteiger partial charge in [0.1, 0.15) is 0 Å². The lowest BCUT2D eigenvalue weighted by Gasteiger charge is -2.08. The lowest BCUT2D eigenvalue weighted by Crippen LogP contribution is -2.02. The van der Waals surface area contributed by atoms with Crippen LogP contribution in [0.15, 0.2) is 18.2 Å². The zero-order chi connectivity index (χ0) is 10.6. The van der Waals surface area contributed by atoms with Gasteiger partial charge in [0.2, 0.25) is 0 Å². The minimum Gasteiger partial charge on any atom is -0.204 e. The Kier molecular flexibility index (Phi) is 4.52. The summed E-state index contributed by atoms with van der Waals surface area (Å²) in [5, 5.41) is 0. The second kappa shape index (κ2) is 5.44. The highest BCUT2D eigenvalue weighted by molar-refractivity contribution is 9.09. The Morgan fingerprint density at radius 2 is 2.00 bits per heavy atom. The van der Waals surface area contributed by atoms with Gasteiger partial charge in [0, 0.05) is 4.83 Å². The van der Waals surface area contributed by atoms with Crippen molar-refractivity contribution in [2.24, 2.45) is 0 Å². The molecule has 0 fully saturated rings. The van der Waals surface area contributed by atoms with E-state index in [1.165, 1.54) is 12.1 Å². The molecule has 0 amide bonds. The van der Waals surface area contributed by atoms with Gasteiger partial charge in [-0.2, -0.15) is 0 Å². The molecule has 0 aromatic heterocycles. The molecule has 14 heavy (non-hydrogen) atoms. The molecule has 0 bridgehead atoms. The van der Waals surface area contributed by atoms with E-state index in [1.807, 2.05) is 0 Å². The Labute approximate surface area is 91.5 Å².